The molecule has 0 amide bonds. The van der Waals surface area contributed by atoms with Crippen molar-refractivity contribution < 1.29 is 13.9 Å². The van der Waals surface area contributed by atoms with Gasteiger partial charge in [-0.25, -0.2) is 9.37 Å². The minimum Gasteiger partial charge on any atom is -0.493 e. The Labute approximate surface area is 183 Å². The van der Waals surface area contributed by atoms with E-state index in [0.29, 0.717) is 45.5 Å². The molecule has 5 nitrogen and oxygen atoms in total. The second kappa shape index (κ2) is 8.90. The molecule has 0 atom stereocenters. The second-order valence-electron chi connectivity index (χ2n) is 6.73. The van der Waals surface area contributed by atoms with Gasteiger partial charge in [0.2, 0.25) is 0 Å². The van der Waals surface area contributed by atoms with Gasteiger partial charge in [-0.1, -0.05) is 41.9 Å². The SMILES string of the molecule is COc1cc(/C=C(/C#N)c2nc3ccc(F)cc3[nH]2)cc(Cl)c1OCc1ccccc1. The van der Waals surface area contributed by atoms with Gasteiger partial charge in [0.05, 0.1) is 28.7 Å². The van der Waals surface area contributed by atoms with Gasteiger partial charge in [-0.15, -0.1) is 0 Å². The zero-order valence-corrected chi connectivity index (χ0v) is 17.3. The van der Waals surface area contributed by atoms with Crippen molar-refractivity contribution in [3.05, 3.63) is 88.5 Å². The van der Waals surface area contributed by atoms with Gasteiger partial charge in [-0.2, -0.15) is 5.26 Å². The monoisotopic (exact) mass is 433 g/mol. The normalized spacial score (nSPS) is 11.4. The summed E-state index contributed by atoms with van der Waals surface area (Å²) in [6.07, 6.45) is 1.63. The van der Waals surface area contributed by atoms with E-state index in [1.54, 1.807) is 24.3 Å². The molecule has 7 heteroatoms. The first kappa shape index (κ1) is 20.5. The standard InChI is InChI=1S/C24H17ClFN3O2/c1-30-22-11-16(10-19(25)23(22)31-14-15-5-3-2-4-6-15)9-17(13-27)24-28-20-8-7-18(26)12-21(20)29-24/h2-12H,14H2,1H3,(H,28,29)/b17-9-. The molecule has 0 spiro atoms. The van der Waals surface area contributed by atoms with Gasteiger partial charge in [0.25, 0.3) is 0 Å². The smallest absolute Gasteiger partial charge is 0.180 e. The quantitative estimate of drug-likeness (QED) is 0.378. The van der Waals surface area contributed by atoms with E-state index in [0.717, 1.165) is 5.56 Å². The number of fused-ring (bicyclic) bond motifs is 1. The van der Waals surface area contributed by atoms with Crippen LogP contribution >= 0.6 is 11.6 Å². The van der Waals surface area contributed by atoms with Crippen LogP contribution in [-0.2, 0) is 6.61 Å². The van der Waals surface area contributed by atoms with Crippen molar-refractivity contribution >= 4 is 34.3 Å². The third-order valence-corrected chi connectivity index (χ3v) is 4.89. The van der Waals surface area contributed by atoms with Crippen LogP contribution in [0.3, 0.4) is 0 Å². The highest BCUT2D eigenvalue weighted by atomic mass is 35.5. The van der Waals surface area contributed by atoms with Crippen LogP contribution in [0.15, 0.2) is 60.7 Å². The highest BCUT2D eigenvalue weighted by molar-refractivity contribution is 6.32. The number of ether oxygens (including phenoxy) is 2. The summed E-state index contributed by atoms with van der Waals surface area (Å²) in [5.74, 6) is 0.817. The van der Waals surface area contributed by atoms with Crippen molar-refractivity contribution in [1.82, 2.24) is 9.97 Å². The van der Waals surface area contributed by atoms with Gasteiger partial charge in [-0.05, 0) is 47.5 Å². The third-order valence-electron chi connectivity index (χ3n) is 4.61. The Morgan fingerprint density at radius 1 is 1.19 bits per heavy atom. The number of H-pyrrole nitrogens is 1. The molecule has 0 saturated carbocycles. The van der Waals surface area contributed by atoms with Crippen molar-refractivity contribution in [2.75, 3.05) is 7.11 Å². The van der Waals surface area contributed by atoms with Crippen molar-refractivity contribution in [2.45, 2.75) is 6.61 Å². The van der Waals surface area contributed by atoms with E-state index >= 15 is 0 Å². The molecule has 0 aliphatic carbocycles. The number of hydrogen-bond acceptors (Lipinski definition) is 4. The number of hydrogen-bond donors (Lipinski definition) is 1. The fourth-order valence-corrected chi connectivity index (χ4v) is 3.40. The average molecular weight is 434 g/mol. The lowest BCUT2D eigenvalue weighted by molar-refractivity contribution is 0.284. The summed E-state index contributed by atoms with van der Waals surface area (Å²) < 4.78 is 24.8. The molecule has 0 aliphatic heterocycles. The van der Waals surface area contributed by atoms with Crippen LogP contribution in [0.25, 0.3) is 22.7 Å². The van der Waals surface area contributed by atoms with E-state index in [2.05, 4.69) is 16.0 Å². The molecular weight excluding hydrogens is 417 g/mol. The summed E-state index contributed by atoms with van der Waals surface area (Å²) in [5.41, 5.74) is 2.98. The van der Waals surface area contributed by atoms with Crippen LogP contribution in [0.5, 0.6) is 11.5 Å². The Balaban J connectivity index is 1.65. The summed E-state index contributed by atoms with van der Waals surface area (Å²) >= 11 is 6.45. The summed E-state index contributed by atoms with van der Waals surface area (Å²) in [6, 6.07) is 19.4. The van der Waals surface area contributed by atoms with Gasteiger partial charge in [-0.3, -0.25) is 0 Å². The summed E-state index contributed by atoms with van der Waals surface area (Å²) in [6.45, 7) is 0.338. The number of allylic oxidation sites excluding steroid dienone is 1. The maximum atomic E-state index is 13.4. The number of benzene rings is 3. The number of nitrogens with one attached hydrogen (secondary N) is 1. The number of nitrogens with zero attached hydrogens (tertiary/aromatic N) is 2. The molecule has 31 heavy (non-hydrogen) atoms. The van der Waals surface area contributed by atoms with Crippen molar-refractivity contribution in [2.24, 2.45) is 0 Å². The molecule has 1 heterocycles. The average Bonchev–Trinajstić information content (AvgIpc) is 3.20. The zero-order valence-electron chi connectivity index (χ0n) is 16.5. The van der Waals surface area contributed by atoms with E-state index < -0.39 is 0 Å². The minimum absolute atomic E-state index is 0.271. The van der Waals surface area contributed by atoms with Crippen molar-refractivity contribution in [1.29, 1.82) is 5.26 Å². The fraction of sp³-hybridized carbons (Fsp3) is 0.0833. The van der Waals surface area contributed by atoms with Crippen LogP contribution in [0.2, 0.25) is 5.02 Å². The zero-order chi connectivity index (χ0) is 21.8. The van der Waals surface area contributed by atoms with Crippen LogP contribution < -0.4 is 9.47 Å². The first-order valence-electron chi connectivity index (χ1n) is 9.39. The second-order valence-corrected chi connectivity index (χ2v) is 7.13. The molecule has 0 radical (unpaired) electrons. The third kappa shape index (κ3) is 4.52. The molecule has 4 aromatic rings. The highest BCUT2D eigenvalue weighted by Crippen LogP contribution is 2.38. The highest BCUT2D eigenvalue weighted by Gasteiger charge is 2.14. The predicted molar refractivity (Wildman–Crippen MR) is 118 cm³/mol. The molecule has 3 aromatic carbocycles. The molecule has 0 aliphatic rings. The largest absolute Gasteiger partial charge is 0.493 e. The van der Waals surface area contributed by atoms with Crippen LogP contribution in [-0.4, -0.2) is 17.1 Å². The number of halogens is 2. The maximum Gasteiger partial charge on any atom is 0.180 e. The number of aromatic nitrogens is 2. The van der Waals surface area contributed by atoms with Gasteiger partial charge < -0.3 is 14.5 Å². The Bertz CT molecular complexity index is 1310. The summed E-state index contributed by atoms with van der Waals surface area (Å²) in [7, 11) is 1.52. The van der Waals surface area contributed by atoms with Gasteiger partial charge in [0.1, 0.15) is 24.3 Å². The minimum atomic E-state index is -0.382. The van der Waals surface area contributed by atoms with Gasteiger partial charge in [0.15, 0.2) is 11.5 Å². The number of nitriles is 1. The molecular formula is C24H17ClFN3O2. The van der Waals surface area contributed by atoms with Crippen molar-refractivity contribution in [3.63, 3.8) is 0 Å². The Kier molecular flexibility index (Phi) is 5.87. The lowest BCUT2D eigenvalue weighted by Gasteiger charge is -2.13. The number of methoxy groups -OCH3 is 1. The van der Waals surface area contributed by atoms with Gasteiger partial charge >= 0.3 is 0 Å². The van der Waals surface area contributed by atoms with Crippen LogP contribution in [0.1, 0.15) is 17.0 Å². The van der Waals surface area contributed by atoms with Crippen LogP contribution in [0.4, 0.5) is 4.39 Å². The first-order valence-corrected chi connectivity index (χ1v) is 9.77. The van der Waals surface area contributed by atoms with Gasteiger partial charge in [0, 0.05) is 0 Å². The molecule has 0 fully saturated rings. The number of imidazole rings is 1. The molecule has 154 valence electrons. The number of aromatic amines is 1. The molecule has 4 rings (SSSR count). The van der Waals surface area contributed by atoms with Crippen molar-refractivity contribution in [3.8, 4) is 17.6 Å². The lowest BCUT2D eigenvalue weighted by atomic mass is 10.1. The Hall–Kier alpha value is -3.82. The van der Waals surface area contributed by atoms with E-state index in [1.807, 2.05) is 30.3 Å². The van der Waals surface area contributed by atoms with E-state index in [1.165, 1.54) is 19.2 Å². The molecule has 1 aromatic heterocycles. The van der Waals surface area contributed by atoms with E-state index in [4.69, 9.17) is 21.1 Å². The molecule has 0 unspecified atom stereocenters. The topological polar surface area (TPSA) is 70.9 Å². The molecule has 0 saturated heterocycles. The summed E-state index contributed by atoms with van der Waals surface area (Å²) in [5, 5.41) is 9.99. The summed E-state index contributed by atoms with van der Waals surface area (Å²) in [4.78, 5) is 7.33. The fourth-order valence-electron chi connectivity index (χ4n) is 3.12. The lowest BCUT2D eigenvalue weighted by Crippen LogP contribution is -1.99. The van der Waals surface area contributed by atoms with E-state index in [-0.39, 0.29) is 11.4 Å². The maximum absolute atomic E-state index is 13.4. The molecule has 0 bridgehead atoms. The van der Waals surface area contributed by atoms with Crippen LogP contribution in [0, 0.1) is 17.1 Å². The number of rotatable bonds is 6. The Morgan fingerprint density at radius 3 is 2.74 bits per heavy atom. The predicted octanol–water partition coefficient (Wildman–Crippen LogP) is 6.01. The Morgan fingerprint density at radius 2 is 2.00 bits per heavy atom. The van der Waals surface area contributed by atoms with E-state index in [9.17, 15) is 9.65 Å². The first-order chi connectivity index (χ1) is 15.1. The molecule has 1 N–H and O–H groups in total.